The zero-order valence-corrected chi connectivity index (χ0v) is 14.3. The molecule has 1 N–H and O–H groups in total. The second-order valence-electron chi connectivity index (χ2n) is 5.93. The van der Waals surface area contributed by atoms with Gasteiger partial charge in [0.2, 0.25) is 11.0 Å². The predicted molar refractivity (Wildman–Crippen MR) is 92.9 cm³/mol. The van der Waals surface area contributed by atoms with Crippen LogP contribution in [0.2, 0.25) is 0 Å². The lowest BCUT2D eigenvalue weighted by atomic mass is 10.1. The number of nitro groups is 1. The van der Waals surface area contributed by atoms with Crippen LogP contribution in [0, 0.1) is 10.1 Å². The lowest BCUT2D eigenvalue weighted by molar-refractivity contribution is -0.385. The Kier molecular flexibility index (Phi) is 4.35. The molecule has 2 aromatic rings. The molecule has 0 bridgehead atoms. The average Bonchev–Trinajstić information content (AvgIpc) is 3.39. The average molecular weight is 374 g/mol. The maximum Gasteiger partial charge on any atom is 0.270 e. The second-order valence-corrected chi connectivity index (χ2v) is 6.94. The van der Waals surface area contributed by atoms with E-state index in [0.717, 1.165) is 17.8 Å². The molecule has 0 saturated heterocycles. The predicted octanol–water partition coefficient (Wildman–Crippen LogP) is 2.84. The number of rotatable bonds is 5. The highest BCUT2D eigenvalue weighted by atomic mass is 32.1. The van der Waals surface area contributed by atoms with Crippen molar-refractivity contribution in [3.8, 4) is 5.75 Å². The Hall–Kier alpha value is -2.85. The monoisotopic (exact) mass is 374 g/mol. The van der Waals surface area contributed by atoms with Crippen LogP contribution in [0.4, 0.5) is 10.8 Å². The Morgan fingerprint density at radius 1 is 1.38 bits per heavy atom. The van der Waals surface area contributed by atoms with E-state index in [4.69, 9.17) is 9.47 Å². The molecule has 0 atom stereocenters. The number of amides is 1. The van der Waals surface area contributed by atoms with Gasteiger partial charge in [0.25, 0.3) is 5.69 Å². The molecule has 26 heavy (non-hydrogen) atoms. The van der Waals surface area contributed by atoms with Crippen LogP contribution in [-0.2, 0) is 16.1 Å². The van der Waals surface area contributed by atoms with Gasteiger partial charge < -0.3 is 9.47 Å². The molecule has 0 unspecified atom stereocenters. The van der Waals surface area contributed by atoms with Crippen LogP contribution in [0.25, 0.3) is 6.08 Å². The molecular weight excluding hydrogens is 360 g/mol. The van der Waals surface area contributed by atoms with E-state index < -0.39 is 10.8 Å². The summed E-state index contributed by atoms with van der Waals surface area (Å²) in [6, 6.07) is 2.77. The summed E-state index contributed by atoms with van der Waals surface area (Å²) in [5.74, 6) is 0.568. The molecule has 1 saturated carbocycles. The van der Waals surface area contributed by atoms with Crippen LogP contribution in [-0.4, -0.2) is 27.8 Å². The molecule has 1 aromatic heterocycles. The van der Waals surface area contributed by atoms with Crippen molar-refractivity contribution in [1.29, 1.82) is 0 Å². The first kappa shape index (κ1) is 16.6. The number of nitro benzene ring substituents is 1. The Balaban J connectivity index is 1.52. The molecule has 2 aliphatic rings. The van der Waals surface area contributed by atoms with Crippen molar-refractivity contribution in [1.82, 2.24) is 10.2 Å². The van der Waals surface area contributed by atoms with Gasteiger partial charge in [0.1, 0.15) is 10.8 Å². The lowest BCUT2D eigenvalue weighted by Crippen LogP contribution is -2.13. The van der Waals surface area contributed by atoms with E-state index in [0.29, 0.717) is 27.9 Å². The SMILES string of the molecule is O=C(C=Cc1cc([N+](=O)[O-])cc2c1OCOC2)Nc1nnc(C2CC2)s1. The summed E-state index contributed by atoms with van der Waals surface area (Å²) < 4.78 is 10.6. The lowest BCUT2D eigenvalue weighted by Gasteiger charge is -2.19. The number of benzene rings is 1. The van der Waals surface area contributed by atoms with Crippen LogP contribution in [0.1, 0.15) is 34.9 Å². The van der Waals surface area contributed by atoms with E-state index in [2.05, 4.69) is 15.5 Å². The molecule has 2 heterocycles. The molecule has 0 spiro atoms. The number of aromatic nitrogens is 2. The van der Waals surface area contributed by atoms with Gasteiger partial charge in [0, 0.05) is 35.3 Å². The van der Waals surface area contributed by atoms with E-state index in [9.17, 15) is 14.9 Å². The summed E-state index contributed by atoms with van der Waals surface area (Å²) in [6.07, 6.45) is 5.00. The maximum atomic E-state index is 12.1. The van der Waals surface area contributed by atoms with Gasteiger partial charge in [0.15, 0.2) is 6.79 Å². The Morgan fingerprint density at radius 2 is 2.23 bits per heavy atom. The number of hydrogen-bond acceptors (Lipinski definition) is 8. The van der Waals surface area contributed by atoms with Crippen molar-refractivity contribution < 1.29 is 19.2 Å². The second kappa shape index (κ2) is 6.81. The molecule has 1 aliphatic heterocycles. The number of ether oxygens (including phenoxy) is 2. The van der Waals surface area contributed by atoms with Crippen molar-refractivity contribution in [2.75, 3.05) is 12.1 Å². The van der Waals surface area contributed by atoms with E-state index >= 15 is 0 Å². The Labute approximate surface area is 151 Å². The molecule has 0 radical (unpaired) electrons. The zero-order chi connectivity index (χ0) is 18.1. The largest absolute Gasteiger partial charge is 0.467 e. The van der Waals surface area contributed by atoms with Crippen LogP contribution >= 0.6 is 11.3 Å². The summed E-state index contributed by atoms with van der Waals surface area (Å²) in [7, 11) is 0. The third-order valence-electron chi connectivity index (χ3n) is 3.95. The number of anilines is 1. The third kappa shape index (κ3) is 3.55. The Bertz CT molecular complexity index is 906. The van der Waals surface area contributed by atoms with Gasteiger partial charge in [-0.25, -0.2) is 0 Å². The van der Waals surface area contributed by atoms with Crippen molar-refractivity contribution in [2.24, 2.45) is 0 Å². The minimum absolute atomic E-state index is 0.0621. The highest BCUT2D eigenvalue weighted by Crippen LogP contribution is 2.42. The number of hydrogen-bond donors (Lipinski definition) is 1. The fraction of sp³-hybridized carbons (Fsp3) is 0.312. The minimum atomic E-state index is -0.493. The first-order valence-electron chi connectivity index (χ1n) is 7.94. The van der Waals surface area contributed by atoms with Gasteiger partial charge in [-0.15, -0.1) is 10.2 Å². The first-order chi connectivity index (χ1) is 12.6. The van der Waals surface area contributed by atoms with Crippen LogP contribution < -0.4 is 10.1 Å². The molecule has 9 nitrogen and oxygen atoms in total. The molecule has 134 valence electrons. The molecule has 10 heteroatoms. The van der Waals surface area contributed by atoms with Crippen LogP contribution in [0.15, 0.2) is 18.2 Å². The number of nitrogens with one attached hydrogen (secondary N) is 1. The normalized spacial score (nSPS) is 16.2. The van der Waals surface area contributed by atoms with Crippen molar-refractivity contribution in [2.45, 2.75) is 25.4 Å². The van der Waals surface area contributed by atoms with E-state index in [1.54, 1.807) is 0 Å². The Morgan fingerprint density at radius 3 is 3.00 bits per heavy atom. The van der Waals surface area contributed by atoms with Crippen molar-refractivity contribution >= 4 is 34.1 Å². The molecule has 4 rings (SSSR count). The number of carbonyl (C=O) groups excluding carboxylic acids is 1. The fourth-order valence-corrected chi connectivity index (χ4v) is 3.47. The summed E-state index contributed by atoms with van der Waals surface area (Å²) in [6.45, 7) is 0.283. The standard InChI is InChI=1S/C16H14N4O5S/c21-13(17-16-19-18-15(26-16)9-1-2-9)4-3-10-5-12(20(22)23)6-11-7-24-8-25-14(10)11/h3-6,9H,1-2,7-8H2,(H,17,19,21). The number of nitrogens with zero attached hydrogens (tertiary/aromatic N) is 3. The molecule has 1 aromatic carbocycles. The molecule has 1 amide bonds. The van der Waals surface area contributed by atoms with Gasteiger partial charge >= 0.3 is 0 Å². The smallest absolute Gasteiger partial charge is 0.270 e. The van der Waals surface area contributed by atoms with Gasteiger partial charge in [-0.05, 0) is 18.9 Å². The zero-order valence-electron chi connectivity index (χ0n) is 13.5. The summed E-state index contributed by atoms with van der Waals surface area (Å²) >= 11 is 1.36. The van der Waals surface area contributed by atoms with Gasteiger partial charge in [-0.1, -0.05) is 11.3 Å². The van der Waals surface area contributed by atoms with Crippen molar-refractivity contribution in [3.63, 3.8) is 0 Å². The summed E-state index contributed by atoms with van der Waals surface area (Å²) in [5.41, 5.74) is 0.934. The third-order valence-corrected chi connectivity index (χ3v) is 4.95. The van der Waals surface area contributed by atoms with Gasteiger partial charge in [0.05, 0.1) is 11.5 Å². The number of non-ortho nitro benzene ring substituents is 1. The van der Waals surface area contributed by atoms with Crippen molar-refractivity contribution in [3.05, 3.63) is 44.5 Å². The quantitative estimate of drug-likeness (QED) is 0.486. The van der Waals surface area contributed by atoms with E-state index in [1.807, 2.05) is 0 Å². The number of carbonyl (C=O) groups is 1. The van der Waals surface area contributed by atoms with Gasteiger partial charge in [-0.2, -0.15) is 0 Å². The fourth-order valence-electron chi connectivity index (χ4n) is 2.55. The van der Waals surface area contributed by atoms with E-state index in [1.165, 1.54) is 35.6 Å². The highest BCUT2D eigenvalue weighted by Gasteiger charge is 2.27. The molecular formula is C16H14N4O5S. The maximum absolute atomic E-state index is 12.1. The molecule has 1 aliphatic carbocycles. The van der Waals surface area contributed by atoms with Crippen LogP contribution in [0.5, 0.6) is 5.75 Å². The number of fused-ring (bicyclic) bond motifs is 1. The van der Waals surface area contributed by atoms with Crippen LogP contribution in [0.3, 0.4) is 0 Å². The van der Waals surface area contributed by atoms with E-state index in [-0.39, 0.29) is 19.1 Å². The molecule has 1 fully saturated rings. The summed E-state index contributed by atoms with van der Waals surface area (Å²) in [4.78, 5) is 22.7. The minimum Gasteiger partial charge on any atom is -0.467 e. The topological polar surface area (TPSA) is 116 Å². The van der Waals surface area contributed by atoms with Gasteiger partial charge in [-0.3, -0.25) is 20.2 Å². The first-order valence-corrected chi connectivity index (χ1v) is 8.76. The summed E-state index contributed by atoms with van der Waals surface area (Å²) in [5, 5.41) is 23.1. The highest BCUT2D eigenvalue weighted by molar-refractivity contribution is 7.15.